The van der Waals surface area contributed by atoms with Crippen LogP contribution in [0.15, 0.2) is 94.9 Å². The summed E-state index contributed by atoms with van der Waals surface area (Å²) in [5.74, 6) is -1.51. The third-order valence-electron chi connectivity index (χ3n) is 4.70. The van der Waals surface area contributed by atoms with Crippen molar-refractivity contribution in [1.82, 2.24) is 0 Å². The molecule has 0 aliphatic heterocycles. The summed E-state index contributed by atoms with van der Waals surface area (Å²) in [5.41, 5.74) is 0. The van der Waals surface area contributed by atoms with E-state index in [1.54, 1.807) is 0 Å². The monoisotopic (exact) mass is 616 g/mol. The van der Waals surface area contributed by atoms with Crippen LogP contribution in [0.4, 0.5) is 4.39 Å². The lowest BCUT2D eigenvalue weighted by atomic mass is 10.3. The Morgan fingerprint density at radius 3 is 1.35 bits per heavy atom. The van der Waals surface area contributed by atoms with E-state index in [0.29, 0.717) is 36.4 Å². The second-order valence-corrected chi connectivity index (χ2v) is 15.1. The normalized spacial score (nSPS) is 13.4. The van der Waals surface area contributed by atoms with Crippen molar-refractivity contribution >= 4 is 50.0 Å². The standard InChI is InChI=1S/C18H13FO13S5/c19-13-7-5-11(9-17(13)36(27,28)29)33(20,21)12-6-8-15(18(10-12)37(30,31)32)34(22,23)14-3-1-2-4-16(14)35(24,25)26/h1-10H,(H,24,25,26)(H,27,28,29)(H,30,31,32). The van der Waals surface area contributed by atoms with E-state index in [1.807, 2.05) is 0 Å². The van der Waals surface area contributed by atoms with Crippen LogP contribution in [0.25, 0.3) is 0 Å². The van der Waals surface area contributed by atoms with Gasteiger partial charge in [-0.2, -0.15) is 25.3 Å². The molecule has 0 heterocycles. The van der Waals surface area contributed by atoms with Crippen molar-refractivity contribution in [3.05, 3.63) is 66.5 Å². The fourth-order valence-corrected chi connectivity index (χ4v) is 8.98. The van der Waals surface area contributed by atoms with Crippen LogP contribution in [0.5, 0.6) is 0 Å². The van der Waals surface area contributed by atoms with E-state index >= 15 is 0 Å². The summed E-state index contributed by atoms with van der Waals surface area (Å²) >= 11 is 0. The molecule has 19 heteroatoms. The van der Waals surface area contributed by atoms with Gasteiger partial charge in [-0.15, -0.1) is 0 Å². The minimum atomic E-state index is -5.53. The average molecular weight is 617 g/mol. The molecule has 37 heavy (non-hydrogen) atoms. The van der Waals surface area contributed by atoms with Gasteiger partial charge in [0, 0.05) is 0 Å². The molecule has 3 rings (SSSR count). The van der Waals surface area contributed by atoms with Crippen LogP contribution in [-0.2, 0) is 50.0 Å². The Balaban J connectivity index is 2.33. The molecule has 0 saturated carbocycles. The van der Waals surface area contributed by atoms with Gasteiger partial charge in [-0.05, 0) is 48.5 Å². The van der Waals surface area contributed by atoms with E-state index in [0.717, 1.165) is 12.1 Å². The van der Waals surface area contributed by atoms with Crippen LogP contribution in [0, 0.1) is 5.82 Å². The summed E-state index contributed by atoms with van der Waals surface area (Å²) in [4.78, 5) is -8.44. The number of sulfone groups is 2. The molecule has 3 aromatic carbocycles. The van der Waals surface area contributed by atoms with Crippen LogP contribution in [-0.4, -0.2) is 55.7 Å². The van der Waals surface area contributed by atoms with E-state index in [-0.39, 0.29) is 12.1 Å². The maximum Gasteiger partial charge on any atom is 0.297 e. The van der Waals surface area contributed by atoms with Crippen molar-refractivity contribution < 1.29 is 60.1 Å². The minimum absolute atomic E-state index is 0.185. The number of hydrogen-bond acceptors (Lipinski definition) is 10. The summed E-state index contributed by atoms with van der Waals surface area (Å²) in [7, 11) is -26.0. The topological polar surface area (TPSA) is 231 Å². The third-order valence-corrected chi connectivity index (χ3v) is 11.3. The molecular formula is C18H13FO13S5. The lowest BCUT2D eigenvalue weighted by molar-refractivity contribution is 0.471. The Kier molecular flexibility index (Phi) is 7.16. The van der Waals surface area contributed by atoms with Crippen LogP contribution < -0.4 is 0 Å². The van der Waals surface area contributed by atoms with Gasteiger partial charge >= 0.3 is 0 Å². The summed E-state index contributed by atoms with van der Waals surface area (Å²) in [6.45, 7) is 0. The van der Waals surface area contributed by atoms with Gasteiger partial charge in [-0.3, -0.25) is 13.7 Å². The van der Waals surface area contributed by atoms with Gasteiger partial charge in [-0.25, -0.2) is 21.2 Å². The largest absolute Gasteiger partial charge is 0.297 e. The second kappa shape index (κ2) is 9.20. The lowest BCUT2D eigenvalue weighted by Gasteiger charge is -2.13. The van der Waals surface area contributed by atoms with E-state index in [1.165, 1.54) is 0 Å². The first-order chi connectivity index (χ1) is 16.7. The lowest BCUT2D eigenvalue weighted by Crippen LogP contribution is -2.14. The molecule has 0 aromatic heterocycles. The average Bonchev–Trinajstić information content (AvgIpc) is 2.77. The van der Waals surface area contributed by atoms with Gasteiger partial charge in [-0.1, -0.05) is 12.1 Å². The second-order valence-electron chi connectivity index (χ2n) is 7.08. The number of rotatable bonds is 7. The fourth-order valence-electron chi connectivity index (χ4n) is 3.07. The van der Waals surface area contributed by atoms with Gasteiger partial charge < -0.3 is 0 Å². The van der Waals surface area contributed by atoms with Gasteiger partial charge in [0.1, 0.15) is 20.5 Å². The molecule has 0 radical (unpaired) electrons. The maximum atomic E-state index is 13.8. The molecule has 3 N–H and O–H groups in total. The smallest absolute Gasteiger partial charge is 0.282 e. The number of hydrogen-bond donors (Lipinski definition) is 3. The van der Waals surface area contributed by atoms with Crippen LogP contribution >= 0.6 is 0 Å². The first kappa shape index (κ1) is 28.8. The molecule has 3 aromatic rings. The first-order valence-electron chi connectivity index (χ1n) is 9.14. The molecule has 0 saturated heterocycles. The zero-order valence-corrected chi connectivity index (χ0v) is 21.7. The molecule has 0 unspecified atom stereocenters. The highest BCUT2D eigenvalue weighted by atomic mass is 32.2. The molecule has 0 aliphatic carbocycles. The zero-order valence-electron chi connectivity index (χ0n) is 17.6. The molecular weight excluding hydrogens is 604 g/mol. The van der Waals surface area contributed by atoms with Gasteiger partial charge in [0.15, 0.2) is 0 Å². The Bertz CT molecular complexity index is 1980. The zero-order chi connectivity index (χ0) is 28.2. The molecule has 13 nitrogen and oxygen atoms in total. The summed E-state index contributed by atoms with van der Waals surface area (Å²) in [6.07, 6.45) is 0. The quantitative estimate of drug-likeness (QED) is 0.251. The van der Waals surface area contributed by atoms with Gasteiger partial charge in [0.05, 0.1) is 19.6 Å². The summed E-state index contributed by atoms with van der Waals surface area (Å²) in [6, 6.07) is 5.76. The van der Waals surface area contributed by atoms with Crippen molar-refractivity contribution in [3.8, 4) is 0 Å². The molecule has 0 aliphatic rings. The molecule has 0 bridgehead atoms. The molecule has 0 spiro atoms. The Labute approximate surface area is 210 Å². The Hall–Kier alpha value is -2.78. The Morgan fingerprint density at radius 1 is 0.459 bits per heavy atom. The summed E-state index contributed by atoms with van der Waals surface area (Å²) < 4.78 is 164. The highest BCUT2D eigenvalue weighted by Crippen LogP contribution is 2.34. The predicted molar refractivity (Wildman–Crippen MR) is 120 cm³/mol. The SMILES string of the molecule is O=S(=O)(O)c1cc(S(=O)(=O)c2ccc(S(=O)(=O)c3ccccc3S(=O)(=O)O)c(S(=O)(=O)O)c2)ccc1F. The molecule has 0 atom stereocenters. The van der Waals surface area contributed by atoms with Crippen molar-refractivity contribution in [2.45, 2.75) is 34.3 Å². The minimum Gasteiger partial charge on any atom is -0.282 e. The molecule has 200 valence electrons. The fraction of sp³-hybridized carbons (Fsp3) is 0. The van der Waals surface area contributed by atoms with Crippen LogP contribution in [0.2, 0.25) is 0 Å². The molecule has 0 amide bonds. The van der Waals surface area contributed by atoms with Crippen molar-refractivity contribution in [1.29, 1.82) is 0 Å². The van der Waals surface area contributed by atoms with Crippen molar-refractivity contribution in [3.63, 3.8) is 0 Å². The van der Waals surface area contributed by atoms with E-state index in [9.17, 15) is 55.6 Å². The number of benzene rings is 3. The third kappa shape index (κ3) is 5.57. The van der Waals surface area contributed by atoms with Crippen molar-refractivity contribution in [2.75, 3.05) is 0 Å². The van der Waals surface area contributed by atoms with Crippen LogP contribution in [0.1, 0.15) is 0 Å². The summed E-state index contributed by atoms with van der Waals surface area (Å²) in [5, 5.41) is 0. The first-order valence-corrected chi connectivity index (χ1v) is 16.4. The van der Waals surface area contributed by atoms with E-state index in [4.69, 9.17) is 4.55 Å². The Morgan fingerprint density at radius 2 is 0.865 bits per heavy atom. The van der Waals surface area contributed by atoms with Gasteiger partial charge in [0.2, 0.25) is 19.7 Å². The van der Waals surface area contributed by atoms with Crippen molar-refractivity contribution in [2.24, 2.45) is 0 Å². The van der Waals surface area contributed by atoms with Crippen LogP contribution in [0.3, 0.4) is 0 Å². The number of halogens is 1. The van der Waals surface area contributed by atoms with E-state index < -0.39 is 90.1 Å². The molecule has 0 fully saturated rings. The highest BCUT2D eigenvalue weighted by Gasteiger charge is 2.33. The predicted octanol–water partition coefficient (Wildman–Crippen LogP) is 1.23. The maximum absolute atomic E-state index is 13.8. The van der Waals surface area contributed by atoms with Gasteiger partial charge in [0.25, 0.3) is 30.4 Å². The van der Waals surface area contributed by atoms with E-state index in [2.05, 4.69) is 0 Å². The highest BCUT2D eigenvalue weighted by molar-refractivity contribution is 7.94.